The molecule has 1 aromatic heterocycles. The van der Waals surface area contributed by atoms with Crippen LogP contribution in [0.4, 0.5) is 5.69 Å². The standard InChI is InChI=1S/C20H20N4O3S/c1-3-27-19(26)15-6-4-5-7-16(15)21-17(25)12-28-20-22-18(23-24-20)14-10-8-13(2)9-11-14/h4-11H,3,12H2,1-2H3,(H,21,25)(H,22,23,24). The summed E-state index contributed by atoms with van der Waals surface area (Å²) >= 11 is 1.21. The summed E-state index contributed by atoms with van der Waals surface area (Å²) < 4.78 is 5.01. The number of anilines is 1. The number of amides is 1. The molecule has 0 saturated heterocycles. The molecule has 2 aromatic carbocycles. The van der Waals surface area contributed by atoms with E-state index < -0.39 is 5.97 Å². The molecule has 0 aliphatic carbocycles. The molecule has 0 spiro atoms. The van der Waals surface area contributed by atoms with Gasteiger partial charge in [-0.15, -0.1) is 5.10 Å². The number of ether oxygens (including phenoxy) is 1. The molecule has 2 N–H and O–H groups in total. The number of carbonyl (C=O) groups excluding carboxylic acids is 2. The molecule has 1 heterocycles. The SMILES string of the molecule is CCOC(=O)c1ccccc1NC(=O)CSc1n[nH]c(-c2ccc(C)cc2)n1. The van der Waals surface area contributed by atoms with Crippen molar-refractivity contribution in [1.82, 2.24) is 15.2 Å². The van der Waals surface area contributed by atoms with E-state index in [1.807, 2.05) is 31.2 Å². The zero-order chi connectivity index (χ0) is 19.9. The van der Waals surface area contributed by atoms with Gasteiger partial charge in [-0.05, 0) is 26.0 Å². The Morgan fingerprint density at radius 1 is 1.14 bits per heavy atom. The van der Waals surface area contributed by atoms with Crippen LogP contribution in [0.1, 0.15) is 22.8 Å². The molecule has 7 nitrogen and oxygen atoms in total. The summed E-state index contributed by atoms with van der Waals surface area (Å²) in [6.07, 6.45) is 0. The maximum atomic E-state index is 12.3. The number of hydrogen-bond donors (Lipinski definition) is 2. The third-order valence-electron chi connectivity index (χ3n) is 3.82. The van der Waals surface area contributed by atoms with Crippen LogP contribution in [0, 0.1) is 6.92 Å². The molecule has 0 bridgehead atoms. The second kappa shape index (κ2) is 9.18. The Kier molecular flexibility index (Phi) is 6.44. The van der Waals surface area contributed by atoms with Gasteiger partial charge in [-0.2, -0.15) is 0 Å². The molecule has 0 unspecified atom stereocenters. The van der Waals surface area contributed by atoms with E-state index in [2.05, 4.69) is 20.5 Å². The molecule has 28 heavy (non-hydrogen) atoms. The van der Waals surface area contributed by atoms with Crippen LogP contribution in [-0.2, 0) is 9.53 Å². The first kappa shape index (κ1) is 19.6. The number of aromatic nitrogens is 3. The van der Waals surface area contributed by atoms with Gasteiger partial charge in [-0.1, -0.05) is 53.7 Å². The highest BCUT2D eigenvalue weighted by molar-refractivity contribution is 7.99. The van der Waals surface area contributed by atoms with Crippen LogP contribution >= 0.6 is 11.8 Å². The minimum absolute atomic E-state index is 0.113. The molecule has 3 rings (SSSR count). The van der Waals surface area contributed by atoms with Crippen molar-refractivity contribution in [2.45, 2.75) is 19.0 Å². The maximum absolute atomic E-state index is 12.3. The van der Waals surface area contributed by atoms with E-state index in [4.69, 9.17) is 4.74 Å². The van der Waals surface area contributed by atoms with E-state index in [1.54, 1.807) is 31.2 Å². The molecular weight excluding hydrogens is 376 g/mol. The summed E-state index contributed by atoms with van der Waals surface area (Å²) in [6, 6.07) is 14.7. The number of rotatable bonds is 7. The van der Waals surface area contributed by atoms with E-state index in [9.17, 15) is 9.59 Å². The summed E-state index contributed by atoms with van der Waals surface area (Å²) in [6.45, 7) is 4.02. The quantitative estimate of drug-likeness (QED) is 0.467. The van der Waals surface area contributed by atoms with Gasteiger partial charge in [0, 0.05) is 5.56 Å². The summed E-state index contributed by atoms with van der Waals surface area (Å²) in [5.74, 6) is 0.0317. The van der Waals surface area contributed by atoms with Crippen molar-refractivity contribution in [1.29, 1.82) is 0 Å². The largest absolute Gasteiger partial charge is 0.462 e. The van der Waals surface area contributed by atoms with Crippen molar-refractivity contribution in [2.24, 2.45) is 0 Å². The smallest absolute Gasteiger partial charge is 0.340 e. The molecule has 3 aromatic rings. The molecule has 0 atom stereocenters. The predicted molar refractivity (Wildman–Crippen MR) is 108 cm³/mol. The fraction of sp³-hybridized carbons (Fsp3) is 0.200. The zero-order valence-electron chi connectivity index (χ0n) is 15.6. The van der Waals surface area contributed by atoms with Gasteiger partial charge in [-0.25, -0.2) is 9.78 Å². The maximum Gasteiger partial charge on any atom is 0.340 e. The molecule has 0 aliphatic heterocycles. The summed E-state index contributed by atoms with van der Waals surface area (Å²) in [5.41, 5.74) is 2.83. The number of esters is 1. The summed E-state index contributed by atoms with van der Waals surface area (Å²) in [4.78, 5) is 28.7. The number of nitrogens with zero attached hydrogens (tertiary/aromatic N) is 2. The van der Waals surface area contributed by atoms with Crippen molar-refractivity contribution in [3.8, 4) is 11.4 Å². The van der Waals surface area contributed by atoms with Gasteiger partial charge >= 0.3 is 5.97 Å². The highest BCUT2D eigenvalue weighted by Crippen LogP contribution is 2.21. The van der Waals surface area contributed by atoms with Crippen LogP contribution < -0.4 is 5.32 Å². The normalized spacial score (nSPS) is 10.5. The van der Waals surface area contributed by atoms with Gasteiger partial charge in [0.05, 0.1) is 23.6 Å². The summed E-state index contributed by atoms with van der Waals surface area (Å²) in [5, 5.41) is 10.2. The summed E-state index contributed by atoms with van der Waals surface area (Å²) in [7, 11) is 0. The monoisotopic (exact) mass is 396 g/mol. The number of nitrogens with one attached hydrogen (secondary N) is 2. The Hall–Kier alpha value is -3.13. The molecule has 0 saturated carbocycles. The highest BCUT2D eigenvalue weighted by atomic mass is 32.2. The van der Waals surface area contributed by atoms with E-state index in [0.717, 1.165) is 11.1 Å². The van der Waals surface area contributed by atoms with Crippen LogP contribution in [0.3, 0.4) is 0 Å². The number of para-hydroxylation sites is 1. The average Bonchev–Trinajstić information content (AvgIpc) is 3.16. The topological polar surface area (TPSA) is 97.0 Å². The Morgan fingerprint density at radius 3 is 2.64 bits per heavy atom. The fourth-order valence-corrected chi connectivity index (χ4v) is 3.05. The van der Waals surface area contributed by atoms with Crippen LogP contribution in [0.5, 0.6) is 0 Å². The lowest BCUT2D eigenvalue weighted by molar-refractivity contribution is -0.113. The van der Waals surface area contributed by atoms with Gasteiger partial charge in [0.25, 0.3) is 0 Å². The molecule has 0 fully saturated rings. The van der Waals surface area contributed by atoms with Crippen molar-refractivity contribution < 1.29 is 14.3 Å². The molecule has 1 amide bonds. The van der Waals surface area contributed by atoms with Gasteiger partial charge in [-0.3, -0.25) is 9.89 Å². The number of thioether (sulfide) groups is 1. The molecular formula is C20H20N4O3S. The second-order valence-corrected chi connectivity index (χ2v) is 6.88. The number of H-pyrrole nitrogens is 1. The number of aromatic amines is 1. The van der Waals surface area contributed by atoms with Crippen LogP contribution in [0.2, 0.25) is 0 Å². The third kappa shape index (κ3) is 4.98. The highest BCUT2D eigenvalue weighted by Gasteiger charge is 2.15. The Labute approximate surface area is 166 Å². The predicted octanol–water partition coefficient (Wildman–Crippen LogP) is 3.69. The molecule has 0 aliphatic rings. The lowest BCUT2D eigenvalue weighted by Crippen LogP contribution is -2.17. The number of hydrogen-bond acceptors (Lipinski definition) is 6. The Balaban J connectivity index is 1.60. The van der Waals surface area contributed by atoms with Crippen LogP contribution in [0.15, 0.2) is 53.7 Å². The Morgan fingerprint density at radius 2 is 1.89 bits per heavy atom. The minimum atomic E-state index is -0.470. The number of aryl methyl sites for hydroxylation is 1. The second-order valence-electron chi connectivity index (χ2n) is 5.94. The molecule has 0 radical (unpaired) electrons. The van der Waals surface area contributed by atoms with E-state index in [-0.39, 0.29) is 18.3 Å². The van der Waals surface area contributed by atoms with Gasteiger partial charge in [0.15, 0.2) is 5.82 Å². The van der Waals surface area contributed by atoms with Gasteiger partial charge in [0.1, 0.15) is 0 Å². The van der Waals surface area contributed by atoms with Gasteiger partial charge in [0.2, 0.25) is 11.1 Å². The Bertz CT molecular complexity index is 970. The fourth-order valence-electron chi connectivity index (χ4n) is 2.45. The molecule has 8 heteroatoms. The first-order valence-electron chi connectivity index (χ1n) is 8.75. The van der Waals surface area contributed by atoms with Gasteiger partial charge < -0.3 is 10.1 Å². The van der Waals surface area contributed by atoms with Crippen molar-refractivity contribution >= 4 is 29.3 Å². The lowest BCUT2D eigenvalue weighted by atomic mass is 10.1. The lowest BCUT2D eigenvalue weighted by Gasteiger charge is -2.09. The van der Waals surface area contributed by atoms with E-state index >= 15 is 0 Å². The van der Waals surface area contributed by atoms with E-state index in [0.29, 0.717) is 22.2 Å². The number of benzene rings is 2. The average molecular weight is 396 g/mol. The first-order chi connectivity index (χ1) is 13.6. The van der Waals surface area contributed by atoms with Crippen molar-refractivity contribution in [3.63, 3.8) is 0 Å². The molecule has 144 valence electrons. The number of carbonyl (C=O) groups is 2. The van der Waals surface area contributed by atoms with Crippen LogP contribution in [-0.4, -0.2) is 39.4 Å². The first-order valence-corrected chi connectivity index (χ1v) is 9.73. The zero-order valence-corrected chi connectivity index (χ0v) is 16.4. The van der Waals surface area contributed by atoms with Crippen molar-refractivity contribution in [3.05, 3.63) is 59.7 Å². The van der Waals surface area contributed by atoms with Crippen LogP contribution in [0.25, 0.3) is 11.4 Å². The minimum Gasteiger partial charge on any atom is -0.462 e. The van der Waals surface area contributed by atoms with E-state index in [1.165, 1.54) is 11.8 Å². The van der Waals surface area contributed by atoms with Crippen molar-refractivity contribution in [2.75, 3.05) is 17.7 Å². The third-order valence-corrected chi connectivity index (χ3v) is 4.67.